The molecule has 2 aliphatic rings. The predicted molar refractivity (Wildman–Crippen MR) is 67.6 cm³/mol. The third kappa shape index (κ3) is 4.23. The Kier molecular flexibility index (Phi) is 4.44. The Morgan fingerprint density at radius 1 is 1.18 bits per heavy atom. The molecule has 0 aromatic heterocycles. The molecule has 100 valence electrons. The van der Waals surface area contributed by atoms with Gasteiger partial charge in [0.2, 0.25) is 0 Å². The van der Waals surface area contributed by atoms with Crippen molar-refractivity contribution in [3.63, 3.8) is 0 Å². The molecular formula is C12H23NO3S. The van der Waals surface area contributed by atoms with Gasteiger partial charge in [-0.15, -0.1) is 0 Å². The van der Waals surface area contributed by atoms with E-state index in [-0.39, 0.29) is 12.1 Å². The second-order valence-corrected chi connectivity index (χ2v) is 7.78. The number of nitrogens with one attached hydrogen (secondary N) is 1. The van der Waals surface area contributed by atoms with Crippen LogP contribution in [0.1, 0.15) is 38.5 Å². The fourth-order valence-electron chi connectivity index (χ4n) is 2.97. The first-order chi connectivity index (χ1) is 8.05. The van der Waals surface area contributed by atoms with Crippen LogP contribution in [0.25, 0.3) is 0 Å². The van der Waals surface area contributed by atoms with E-state index < -0.39 is 9.84 Å². The largest absolute Gasteiger partial charge is 0.393 e. The molecule has 0 amide bonds. The van der Waals surface area contributed by atoms with Crippen LogP contribution in [0.5, 0.6) is 0 Å². The van der Waals surface area contributed by atoms with Crippen molar-refractivity contribution in [3.05, 3.63) is 0 Å². The van der Waals surface area contributed by atoms with E-state index in [2.05, 4.69) is 5.32 Å². The van der Waals surface area contributed by atoms with Crippen molar-refractivity contribution in [2.24, 2.45) is 5.92 Å². The zero-order valence-electron chi connectivity index (χ0n) is 10.3. The summed E-state index contributed by atoms with van der Waals surface area (Å²) in [5.74, 6) is 1.17. The van der Waals surface area contributed by atoms with Gasteiger partial charge >= 0.3 is 0 Å². The van der Waals surface area contributed by atoms with Crippen LogP contribution in [0.4, 0.5) is 0 Å². The van der Waals surface area contributed by atoms with Gasteiger partial charge in [0.05, 0.1) is 17.6 Å². The van der Waals surface area contributed by atoms with Gasteiger partial charge < -0.3 is 10.4 Å². The van der Waals surface area contributed by atoms with E-state index >= 15 is 0 Å². The van der Waals surface area contributed by atoms with E-state index in [1.165, 1.54) is 0 Å². The van der Waals surface area contributed by atoms with Crippen LogP contribution in [0.15, 0.2) is 0 Å². The Morgan fingerprint density at radius 3 is 2.71 bits per heavy atom. The highest BCUT2D eigenvalue weighted by Crippen LogP contribution is 2.24. The molecule has 1 saturated carbocycles. The van der Waals surface area contributed by atoms with Crippen molar-refractivity contribution in [3.8, 4) is 0 Å². The fraction of sp³-hybridized carbons (Fsp3) is 1.00. The van der Waals surface area contributed by atoms with E-state index in [9.17, 15) is 13.5 Å². The molecule has 4 nitrogen and oxygen atoms in total. The van der Waals surface area contributed by atoms with Crippen molar-refractivity contribution in [1.82, 2.24) is 5.32 Å². The third-order valence-corrected chi connectivity index (χ3v) is 5.73. The minimum Gasteiger partial charge on any atom is -0.393 e. The minimum absolute atomic E-state index is 0.132. The molecule has 1 saturated heterocycles. The van der Waals surface area contributed by atoms with Gasteiger partial charge in [0, 0.05) is 6.04 Å². The lowest BCUT2D eigenvalue weighted by Crippen LogP contribution is -2.43. The fourth-order valence-corrected chi connectivity index (χ4v) is 4.64. The molecule has 2 fully saturated rings. The summed E-state index contributed by atoms with van der Waals surface area (Å²) >= 11 is 0. The molecule has 0 aromatic rings. The lowest BCUT2D eigenvalue weighted by atomic mass is 9.87. The van der Waals surface area contributed by atoms with Crippen LogP contribution in [-0.2, 0) is 9.84 Å². The molecule has 1 heterocycles. The molecule has 3 unspecified atom stereocenters. The van der Waals surface area contributed by atoms with Gasteiger partial charge in [0.1, 0.15) is 0 Å². The van der Waals surface area contributed by atoms with Gasteiger partial charge in [-0.25, -0.2) is 8.42 Å². The Bertz CT molecular complexity index is 342. The third-order valence-electron chi connectivity index (χ3n) is 3.91. The van der Waals surface area contributed by atoms with Crippen molar-refractivity contribution in [2.45, 2.75) is 50.7 Å². The van der Waals surface area contributed by atoms with E-state index in [0.717, 1.165) is 45.1 Å². The summed E-state index contributed by atoms with van der Waals surface area (Å²) in [5, 5.41) is 13.0. The van der Waals surface area contributed by atoms with Gasteiger partial charge in [-0.2, -0.15) is 0 Å². The minimum atomic E-state index is -2.81. The predicted octanol–water partition coefficient (Wildman–Crippen LogP) is 0.704. The van der Waals surface area contributed by atoms with Gasteiger partial charge in [0.25, 0.3) is 0 Å². The lowest BCUT2D eigenvalue weighted by molar-refractivity contribution is 0.0996. The average molecular weight is 261 g/mol. The maximum atomic E-state index is 11.5. The van der Waals surface area contributed by atoms with Crippen LogP contribution in [0, 0.1) is 5.92 Å². The maximum absolute atomic E-state index is 11.5. The first-order valence-electron chi connectivity index (χ1n) is 6.67. The van der Waals surface area contributed by atoms with Crippen molar-refractivity contribution in [2.75, 3.05) is 18.1 Å². The second kappa shape index (κ2) is 5.67. The van der Waals surface area contributed by atoms with Crippen LogP contribution in [-0.4, -0.2) is 43.7 Å². The molecule has 1 aliphatic carbocycles. The number of rotatable bonds is 3. The molecule has 5 heteroatoms. The Hall–Kier alpha value is -0.130. The van der Waals surface area contributed by atoms with Gasteiger partial charge in [-0.3, -0.25) is 0 Å². The number of aliphatic hydroxyl groups excluding tert-OH is 1. The summed E-state index contributed by atoms with van der Waals surface area (Å²) in [4.78, 5) is 0. The van der Waals surface area contributed by atoms with E-state index in [1.54, 1.807) is 0 Å². The van der Waals surface area contributed by atoms with Crippen LogP contribution in [0.3, 0.4) is 0 Å². The zero-order chi connectivity index (χ0) is 12.3. The smallest absolute Gasteiger partial charge is 0.151 e. The molecule has 17 heavy (non-hydrogen) atoms. The standard InChI is InChI=1S/C12H23NO3S/c14-12-5-1-3-10(7-12)8-13-11-4-2-6-17(15,16)9-11/h10-14H,1-9H2. The normalized spacial score (nSPS) is 37.8. The highest BCUT2D eigenvalue weighted by molar-refractivity contribution is 7.91. The van der Waals surface area contributed by atoms with E-state index in [1.807, 2.05) is 0 Å². The first-order valence-corrected chi connectivity index (χ1v) is 8.49. The lowest BCUT2D eigenvalue weighted by Gasteiger charge is -2.29. The summed E-state index contributed by atoms with van der Waals surface area (Å²) < 4.78 is 23.0. The zero-order valence-corrected chi connectivity index (χ0v) is 11.1. The number of hydrogen-bond acceptors (Lipinski definition) is 4. The molecule has 2 N–H and O–H groups in total. The van der Waals surface area contributed by atoms with Gasteiger partial charge in [-0.05, 0) is 44.6 Å². The molecule has 0 bridgehead atoms. The summed E-state index contributed by atoms with van der Waals surface area (Å²) in [6.45, 7) is 0.858. The average Bonchev–Trinajstić information content (AvgIpc) is 2.25. The van der Waals surface area contributed by atoms with Crippen molar-refractivity contribution >= 4 is 9.84 Å². The summed E-state index contributed by atoms with van der Waals surface area (Å²) in [5.41, 5.74) is 0. The SMILES string of the molecule is O=S1(=O)CCCC(NCC2CCCC(O)C2)C1. The Morgan fingerprint density at radius 2 is 2.00 bits per heavy atom. The topological polar surface area (TPSA) is 66.4 Å². The molecule has 0 radical (unpaired) electrons. The summed E-state index contributed by atoms with van der Waals surface area (Å²) in [6, 6.07) is 0.132. The first kappa shape index (κ1) is 13.3. The molecule has 2 rings (SSSR count). The van der Waals surface area contributed by atoms with Crippen LogP contribution >= 0.6 is 0 Å². The van der Waals surface area contributed by atoms with E-state index in [0.29, 0.717) is 17.4 Å². The van der Waals surface area contributed by atoms with Gasteiger partial charge in [-0.1, -0.05) is 6.42 Å². The van der Waals surface area contributed by atoms with Crippen molar-refractivity contribution < 1.29 is 13.5 Å². The molecule has 0 aromatic carbocycles. The highest BCUT2D eigenvalue weighted by atomic mass is 32.2. The molecule has 1 aliphatic heterocycles. The van der Waals surface area contributed by atoms with E-state index in [4.69, 9.17) is 0 Å². The molecule has 3 atom stereocenters. The maximum Gasteiger partial charge on any atom is 0.151 e. The number of sulfone groups is 1. The molecular weight excluding hydrogens is 238 g/mol. The van der Waals surface area contributed by atoms with Crippen LogP contribution in [0.2, 0.25) is 0 Å². The quantitative estimate of drug-likeness (QED) is 0.785. The summed E-state index contributed by atoms with van der Waals surface area (Å²) in [7, 11) is -2.81. The highest BCUT2D eigenvalue weighted by Gasteiger charge is 2.26. The number of hydrogen-bond donors (Lipinski definition) is 2. The van der Waals surface area contributed by atoms with Crippen LogP contribution < -0.4 is 5.32 Å². The summed E-state index contributed by atoms with van der Waals surface area (Å²) in [6.07, 6.45) is 5.65. The van der Waals surface area contributed by atoms with Gasteiger partial charge in [0.15, 0.2) is 9.84 Å². The second-order valence-electron chi connectivity index (χ2n) is 5.55. The number of aliphatic hydroxyl groups is 1. The monoisotopic (exact) mass is 261 g/mol. The molecule has 0 spiro atoms. The Balaban J connectivity index is 1.74. The van der Waals surface area contributed by atoms with Crippen molar-refractivity contribution in [1.29, 1.82) is 0 Å². The Labute approximate surface area is 104 Å².